The largest absolute Gasteiger partial charge is 0.456 e. The molecule has 11 rings (SSSR count). The molecular formula is C46H28N2O2. The van der Waals surface area contributed by atoms with Crippen LogP contribution in [0.5, 0.6) is 0 Å². The summed E-state index contributed by atoms with van der Waals surface area (Å²) in [5.41, 5.74) is 9.87. The van der Waals surface area contributed by atoms with Crippen molar-refractivity contribution in [1.29, 1.82) is 0 Å². The maximum atomic E-state index is 6.76. The Bertz CT molecular complexity index is 3110. The average molecular weight is 641 g/mol. The van der Waals surface area contributed by atoms with Gasteiger partial charge >= 0.3 is 0 Å². The number of rotatable bonds is 4. The number of fused-ring (bicyclic) bond motifs is 10. The molecule has 0 radical (unpaired) electrons. The van der Waals surface area contributed by atoms with Crippen molar-refractivity contribution in [3.63, 3.8) is 0 Å². The SMILES string of the molecule is c1ccc(-n2c3ccccc3c3ccc(N(c4cccc5c4oc4ccccc45)c4c5ccccc5cc5oc6ccccc6c45)cc32)cc1. The van der Waals surface area contributed by atoms with Crippen LogP contribution in [0.15, 0.2) is 179 Å². The summed E-state index contributed by atoms with van der Waals surface area (Å²) in [6.07, 6.45) is 0. The minimum atomic E-state index is 0.839. The Morgan fingerprint density at radius 2 is 1.08 bits per heavy atom. The Labute approximate surface area is 286 Å². The van der Waals surface area contributed by atoms with Gasteiger partial charge in [0.15, 0.2) is 5.58 Å². The summed E-state index contributed by atoms with van der Waals surface area (Å²) in [5, 5.41) is 8.97. The van der Waals surface area contributed by atoms with Crippen LogP contribution in [0.1, 0.15) is 0 Å². The van der Waals surface area contributed by atoms with E-state index in [-0.39, 0.29) is 0 Å². The molecule has 0 fully saturated rings. The highest BCUT2D eigenvalue weighted by molar-refractivity contribution is 6.23. The van der Waals surface area contributed by atoms with Crippen molar-refractivity contribution >= 4 is 93.5 Å². The van der Waals surface area contributed by atoms with Crippen LogP contribution in [0.25, 0.3) is 82.1 Å². The first-order valence-electron chi connectivity index (χ1n) is 16.9. The highest BCUT2D eigenvalue weighted by Gasteiger charge is 2.26. The maximum Gasteiger partial charge on any atom is 0.159 e. The van der Waals surface area contributed by atoms with Crippen LogP contribution in [0, 0.1) is 0 Å². The molecule has 8 aromatic carbocycles. The summed E-state index contributed by atoms with van der Waals surface area (Å²) in [6, 6.07) is 60.0. The van der Waals surface area contributed by atoms with Gasteiger partial charge in [-0.2, -0.15) is 0 Å². The Balaban J connectivity index is 1.32. The fourth-order valence-corrected chi connectivity index (χ4v) is 8.01. The zero-order chi connectivity index (χ0) is 32.8. The Morgan fingerprint density at radius 1 is 0.420 bits per heavy atom. The number of anilines is 3. The van der Waals surface area contributed by atoms with Crippen LogP contribution in [0.3, 0.4) is 0 Å². The molecule has 0 aliphatic rings. The van der Waals surface area contributed by atoms with Crippen LogP contribution in [-0.2, 0) is 0 Å². The van der Waals surface area contributed by atoms with Crippen molar-refractivity contribution in [2.45, 2.75) is 0 Å². The molecule has 11 aromatic rings. The Kier molecular flexibility index (Phi) is 5.63. The highest BCUT2D eigenvalue weighted by Crippen LogP contribution is 2.50. The summed E-state index contributed by atoms with van der Waals surface area (Å²) in [6.45, 7) is 0. The number of nitrogens with zero attached hydrogens (tertiary/aromatic N) is 2. The van der Waals surface area contributed by atoms with E-state index in [9.17, 15) is 0 Å². The van der Waals surface area contributed by atoms with Gasteiger partial charge in [-0.15, -0.1) is 0 Å². The van der Waals surface area contributed by atoms with Crippen molar-refractivity contribution in [3.05, 3.63) is 170 Å². The van der Waals surface area contributed by atoms with Gasteiger partial charge in [-0.3, -0.25) is 0 Å². The standard InChI is InChI=1S/C46H28N2O2/c1-2-14-30(15-3-1)47-38-21-9-6-17-33(38)34-26-25-31(28-40(34)47)48(39-22-12-20-36-35-18-7-10-23-41(35)50-46(36)39)45-32-16-5-4-13-29(32)27-43-44(45)37-19-8-11-24-42(37)49-43/h1-28H. The van der Waals surface area contributed by atoms with E-state index in [4.69, 9.17) is 8.83 Å². The Morgan fingerprint density at radius 3 is 1.94 bits per heavy atom. The van der Waals surface area contributed by atoms with Crippen molar-refractivity contribution in [1.82, 2.24) is 4.57 Å². The fraction of sp³-hybridized carbons (Fsp3) is 0. The molecule has 0 atom stereocenters. The summed E-state index contributed by atoms with van der Waals surface area (Å²) in [5.74, 6) is 0. The van der Waals surface area contributed by atoms with Gasteiger partial charge in [0, 0.05) is 43.7 Å². The lowest BCUT2D eigenvalue weighted by atomic mass is 10.00. The smallest absolute Gasteiger partial charge is 0.159 e. The van der Waals surface area contributed by atoms with Gasteiger partial charge in [-0.1, -0.05) is 115 Å². The molecule has 3 heterocycles. The summed E-state index contributed by atoms with van der Waals surface area (Å²) in [7, 11) is 0. The second-order valence-electron chi connectivity index (χ2n) is 12.9. The second kappa shape index (κ2) is 10.4. The lowest BCUT2D eigenvalue weighted by molar-refractivity contribution is 0.668. The molecule has 0 N–H and O–H groups in total. The predicted octanol–water partition coefficient (Wildman–Crippen LogP) is 13.2. The zero-order valence-electron chi connectivity index (χ0n) is 26.9. The van der Waals surface area contributed by atoms with Crippen LogP contribution >= 0.6 is 0 Å². The zero-order valence-corrected chi connectivity index (χ0v) is 26.9. The van der Waals surface area contributed by atoms with Gasteiger partial charge in [0.25, 0.3) is 0 Å². The molecular weight excluding hydrogens is 613 g/mol. The van der Waals surface area contributed by atoms with Gasteiger partial charge in [-0.05, 0) is 60.0 Å². The van der Waals surface area contributed by atoms with Gasteiger partial charge in [0.2, 0.25) is 0 Å². The summed E-state index contributed by atoms with van der Waals surface area (Å²) < 4.78 is 15.7. The van der Waals surface area contributed by atoms with E-state index in [0.717, 1.165) is 82.9 Å². The molecule has 0 unspecified atom stereocenters. The quantitative estimate of drug-likeness (QED) is 0.192. The summed E-state index contributed by atoms with van der Waals surface area (Å²) in [4.78, 5) is 2.39. The molecule has 0 saturated carbocycles. The molecule has 3 aromatic heterocycles. The number of hydrogen-bond donors (Lipinski definition) is 0. The first-order chi connectivity index (χ1) is 24.8. The first kappa shape index (κ1) is 27.2. The van der Waals surface area contributed by atoms with Crippen molar-refractivity contribution in [3.8, 4) is 5.69 Å². The summed E-state index contributed by atoms with van der Waals surface area (Å²) >= 11 is 0. The van der Waals surface area contributed by atoms with E-state index < -0.39 is 0 Å². The minimum absolute atomic E-state index is 0.839. The third-order valence-corrected chi connectivity index (χ3v) is 10.1. The average Bonchev–Trinajstić information content (AvgIpc) is 3.84. The molecule has 0 aliphatic carbocycles. The highest BCUT2D eigenvalue weighted by atomic mass is 16.3. The van der Waals surface area contributed by atoms with Gasteiger partial charge < -0.3 is 18.3 Å². The van der Waals surface area contributed by atoms with E-state index in [1.165, 1.54) is 16.3 Å². The van der Waals surface area contributed by atoms with Crippen molar-refractivity contribution in [2.75, 3.05) is 4.90 Å². The number of aromatic nitrogens is 1. The monoisotopic (exact) mass is 640 g/mol. The van der Waals surface area contributed by atoms with E-state index in [2.05, 4.69) is 161 Å². The number of para-hydroxylation sites is 5. The van der Waals surface area contributed by atoms with Crippen molar-refractivity contribution < 1.29 is 8.83 Å². The number of benzene rings is 8. The van der Waals surface area contributed by atoms with E-state index >= 15 is 0 Å². The molecule has 50 heavy (non-hydrogen) atoms. The van der Waals surface area contributed by atoms with Crippen molar-refractivity contribution in [2.24, 2.45) is 0 Å². The number of hydrogen-bond acceptors (Lipinski definition) is 3. The first-order valence-corrected chi connectivity index (χ1v) is 16.9. The Hall–Kier alpha value is -6.78. The van der Waals surface area contributed by atoms with E-state index in [1.807, 2.05) is 18.2 Å². The van der Waals surface area contributed by atoms with Crippen LogP contribution in [0.4, 0.5) is 17.1 Å². The minimum Gasteiger partial charge on any atom is -0.456 e. The molecule has 234 valence electrons. The predicted molar refractivity (Wildman–Crippen MR) is 208 cm³/mol. The third kappa shape index (κ3) is 3.81. The topological polar surface area (TPSA) is 34.5 Å². The van der Waals surface area contributed by atoms with Crippen LogP contribution < -0.4 is 4.90 Å². The third-order valence-electron chi connectivity index (χ3n) is 10.1. The van der Waals surface area contributed by atoms with Gasteiger partial charge in [-0.25, -0.2) is 0 Å². The van der Waals surface area contributed by atoms with Crippen LogP contribution in [0.2, 0.25) is 0 Å². The van der Waals surface area contributed by atoms with Gasteiger partial charge in [0.1, 0.15) is 16.7 Å². The maximum absolute atomic E-state index is 6.76. The molecule has 4 heteroatoms. The van der Waals surface area contributed by atoms with E-state index in [1.54, 1.807) is 0 Å². The molecule has 0 saturated heterocycles. The lowest BCUT2D eigenvalue weighted by Gasteiger charge is -2.28. The second-order valence-corrected chi connectivity index (χ2v) is 12.9. The number of furan rings is 2. The van der Waals surface area contributed by atoms with E-state index in [0.29, 0.717) is 0 Å². The van der Waals surface area contributed by atoms with Gasteiger partial charge in [0.05, 0.1) is 27.8 Å². The molecule has 4 nitrogen and oxygen atoms in total. The normalized spacial score (nSPS) is 12.0. The fourth-order valence-electron chi connectivity index (χ4n) is 8.01. The van der Waals surface area contributed by atoms with Crippen LogP contribution in [-0.4, -0.2) is 4.57 Å². The lowest BCUT2D eigenvalue weighted by Crippen LogP contribution is -2.11. The molecule has 0 bridgehead atoms. The molecule has 0 spiro atoms. The molecule has 0 amide bonds. The molecule has 0 aliphatic heterocycles.